The molecule has 1 aromatic heterocycles. The molecule has 0 fully saturated rings. The van der Waals surface area contributed by atoms with Crippen LogP contribution in [0.1, 0.15) is 5.56 Å². The molecule has 0 spiro atoms. The summed E-state index contributed by atoms with van der Waals surface area (Å²) in [5.74, 6) is 0.270. The number of amides is 2. The minimum Gasteiger partial charge on any atom is -0.308 e. The summed E-state index contributed by atoms with van der Waals surface area (Å²) in [6.45, 7) is 1.97. The molecule has 0 aliphatic carbocycles. The third kappa shape index (κ3) is 4.25. The van der Waals surface area contributed by atoms with Gasteiger partial charge in [0.2, 0.25) is 0 Å². The number of hydrogen-bond acceptors (Lipinski definition) is 4. The normalized spacial score (nSPS) is 10.4. The molecular weight excluding hydrogens is 378 g/mol. The van der Waals surface area contributed by atoms with Crippen LogP contribution >= 0.6 is 0 Å². The van der Waals surface area contributed by atoms with Crippen molar-refractivity contribution in [2.24, 2.45) is 0 Å². The van der Waals surface area contributed by atoms with Crippen LogP contribution in [0, 0.1) is 6.92 Å². The Kier molecular flexibility index (Phi) is 5.34. The van der Waals surface area contributed by atoms with Gasteiger partial charge in [0.05, 0.1) is 5.69 Å². The molecule has 0 unspecified atom stereocenters. The third-order valence-electron chi connectivity index (χ3n) is 4.48. The summed E-state index contributed by atoms with van der Waals surface area (Å²) < 4.78 is 0. The van der Waals surface area contributed by atoms with Crippen LogP contribution in [0.15, 0.2) is 83.7 Å². The van der Waals surface area contributed by atoms with Crippen molar-refractivity contribution in [1.29, 1.82) is 0 Å². The van der Waals surface area contributed by atoms with Crippen LogP contribution in [0.5, 0.6) is 0 Å². The molecular formula is C23H19N5O2. The summed E-state index contributed by atoms with van der Waals surface area (Å²) in [6, 6.07) is 23.3. The number of nitrogens with one attached hydrogen (secondary N) is 3. The number of aromatic amines is 1. The Balaban J connectivity index is 1.60. The standard InChI is InChI=1S/C23H19N5O2/c1-15-11-13-16(14-12-15)20-22(29)26-21(28-27-20)18-9-5-6-10-19(18)25-23(30)24-17-7-3-2-4-8-17/h2-14H,1H3,(H2,24,25,30)(H,26,28,29). The molecule has 3 N–H and O–H groups in total. The first-order valence-corrected chi connectivity index (χ1v) is 9.36. The van der Waals surface area contributed by atoms with Gasteiger partial charge in [-0.1, -0.05) is 60.2 Å². The van der Waals surface area contributed by atoms with Gasteiger partial charge in [0, 0.05) is 16.8 Å². The number of carbonyl (C=O) groups excluding carboxylic acids is 1. The maximum atomic E-state index is 12.6. The van der Waals surface area contributed by atoms with E-state index in [1.807, 2.05) is 49.4 Å². The lowest BCUT2D eigenvalue weighted by molar-refractivity contribution is 0.262. The molecule has 148 valence electrons. The maximum Gasteiger partial charge on any atom is 0.323 e. The van der Waals surface area contributed by atoms with Crippen LogP contribution in [-0.4, -0.2) is 21.2 Å². The van der Waals surface area contributed by atoms with Crippen molar-refractivity contribution < 1.29 is 4.79 Å². The number of aryl methyl sites for hydroxylation is 1. The molecule has 7 heteroatoms. The molecule has 4 rings (SSSR count). The fourth-order valence-corrected chi connectivity index (χ4v) is 2.96. The first kappa shape index (κ1) is 19.1. The molecule has 2 amide bonds. The Bertz CT molecular complexity index is 1230. The Hall–Kier alpha value is -4.26. The lowest BCUT2D eigenvalue weighted by atomic mass is 10.1. The van der Waals surface area contributed by atoms with E-state index in [1.54, 1.807) is 36.4 Å². The fraction of sp³-hybridized carbons (Fsp3) is 0.0435. The minimum atomic E-state index is -0.403. The highest BCUT2D eigenvalue weighted by Crippen LogP contribution is 2.24. The van der Waals surface area contributed by atoms with E-state index in [4.69, 9.17) is 0 Å². The number of aromatic nitrogens is 3. The maximum absolute atomic E-state index is 12.6. The molecule has 0 atom stereocenters. The van der Waals surface area contributed by atoms with Crippen molar-refractivity contribution in [3.63, 3.8) is 0 Å². The van der Waals surface area contributed by atoms with Gasteiger partial charge in [-0.2, -0.15) is 0 Å². The molecule has 0 radical (unpaired) electrons. The van der Waals surface area contributed by atoms with Crippen LogP contribution in [0.25, 0.3) is 22.6 Å². The van der Waals surface area contributed by atoms with Gasteiger partial charge in [-0.05, 0) is 31.2 Å². The van der Waals surface area contributed by atoms with Crippen molar-refractivity contribution in [2.45, 2.75) is 6.92 Å². The predicted octanol–water partition coefficient (Wildman–Crippen LogP) is 4.45. The summed E-state index contributed by atoms with van der Waals surface area (Å²) in [6.07, 6.45) is 0. The minimum absolute atomic E-state index is 0.242. The SMILES string of the molecule is Cc1ccc(-c2nnc(-c3ccccc3NC(=O)Nc3ccccc3)[nH]c2=O)cc1. The molecule has 0 saturated heterocycles. The van der Waals surface area contributed by atoms with Gasteiger partial charge in [-0.3, -0.25) is 4.79 Å². The second-order valence-corrected chi connectivity index (χ2v) is 6.71. The Labute approximate surface area is 172 Å². The molecule has 0 saturated carbocycles. The molecule has 1 heterocycles. The molecule has 0 bridgehead atoms. The average Bonchev–Trinajstić information content (AvgIpc) is 2.75. The molecule has 30 heavy (non-hydrogen) atoms. The number of nitrogens with zero attached hydrogens (tertiary/aromatic N) is 2. The number of hydrogen-bond donors (Lipinski definition) is 3. The first-order chi connectivity index (χ1) is 14.6. The number of anilines is 2. The quantitative estimate of drug-likeness (QED) is 0.474. The van der Waals surface area contributed by atoms with Gasteiger partial charge in [0.1, 0.15) is 0 Å². The van der Waals surface area contributed by atoms with Crippen LogP contribution in [0.2, 0.25) is 0 Å². The molecule has 0 aliphatic rings. The largest absolute Gasteiger partial charge is 0.323 e. The lowest BCUT2D eigenvalue weighted by Crippen LogP contribution is -2.20. The van der Waals surface area contributed by atoms with Gasteiger partial charge in [0.25, 0.3) is 5.56 Å². The second-order valence-electron chi connectivity index (χ2n) is 6.71. The topological polar surface area (TPSA) is 99.8 Å². The van der Waals surface area contributed by atoms with Crippen LogP contribution < -0.4 is 16.2 Å². The Morgan fingerprint density at radius 2 is 1.53 bits per heavy atom. The highest BCUT2D eigenvalue weighted by Gasteiger charge is 2.13. The van der Waals surface area contributed by atoms with Crippen LogP contribution in [0.3, 0.4) is 0 Å². The summed E-state index contributed by atoms with van der Waals surface area (Å²) in [7, 11) is 0. The first-order valence-electron chi connectivity index (χ1n) is 9.36. The fourth-order valence-electron chi connectivity index (χ4n) is 2.96. The monoisotopic (exact) mass is 397 g/mol. The van der Waals surface area contributed by atoms with Crippen molar-refractivity contribution in [1.82, 2.24) is 15.2 Å². The summed E-state index contributed by atoms with van der Waals surface area (Å²) >= 11 is 0. The van der Waals surface area contributed by atoms with E-state index in [0.717, 1.165) is 5.56 Å². The van der Waals surface area contributed by atoms with E-state index in [0.29, 0.717) is 22.5 Å². The summed E-state index contributed by atoms with van der Waals surface area (Å²) in [5, 5.41) is 13.9. The lowest BCUT2D eigenvalue weighted by Gasteiger charge is -2.11. The Morgan fingerprint density at radius 3 is 2.27 bits per heavy atom. The summed E-state index contributed by atoms with van der Waals surface area (Å²) in [4.78, 5) is 27.8. The van der Waals surface area contributed by atoms with E-state index in [9.17, 15) is 9.59 Å². The van der Waals surface area contributed by atoms with Gasteiger partial charge < -0.3 is 15.6 Å². The number of benzene rings is 3. The van der Waals surface area contributed by atoms with E-state index >= 15 is 0 Å². The zero-order chi connectivity index (χ0) is 20.9. The van der Waals surface area contributed by atoms with E-state index < -0.39 is 6.03 Å². The molecule has 7 nitrogen and oxygen atoms in total. The second kappa shape index (κ2) is 8.40. The van der Waals surface area contributed by atoms with Crippen LogP contribution in [0.4, 0.5) is 16.2 Å². The van der Waals surface area contributed by atoms with Crippen molar-refractivity contribution in [3.8, 4) is 22.6 Å². The predicted molar refractivity (Wildman–Crippen MR) is 117 cm³/mol. The van der Waals surface area contributed by atoms with Gasteiger partial charge in [0.15, 0.2) is 11.5 Å². The molecule has 0 aliphatic heterocycles. The average molecular weight is 397 g/mol. The number of rotatable bonds is 4. The smallest absolute Gasteiger partial charge is 0.308 e. The van der Waals surface area contributed by atoms with Gasteiger partial charge >= 0.3 is 6.03 Å². The number of H-pyrrole nitrogens is 1. The van der Waals surface area contributed by atoms with E-state index in [-0.39, 0.29) is 17.1 Å². The summed E-state index contributed by atoms with van der Waals surface area (Å²) in [5.41, 5.74) is 3.39. The van der Waals surface area contributed by atoms with Crippen molar-refractivity contribution >= 4 is 17.4 Å². The molecule has 3 aromatic carbocycles. The number of para-hydroxylation sites is 2. The number of carbonyl (C=O) groups is 1. The van der Waals surface area contributed by atoms with Crippen molar-refractivity contribution in [3.05, 3.63) is 94.8 Å². The Morgan fingerprint density at radius 1 is 0.833 bits per heavy atom. The highest BCUT2D eigenvalue weighted by atomic mass is 16.2. The third-order valence-corrected chi connectivity index (χ3v) is 4.48. The zero-order valence-electron chi connectivity index (χ0n) is 16.2. The van der Waals surface area contributed by atoms with Gasteiger partial charge in [-0.25, -0.2) is 4.79 Å². The van der Waals surface area contributed by atoms with Crippen LogP contribution in [-0.2, 0) is 0 Å². The van der Waals surface area contributed by atoms with Gasteiger partial charge in [-0.15, -0.1) is 10.2 Å². The van der Waals surface area contributed by atoms with E-state index in [1.165, 1.54) is 0 Å². The molecule has 4 aromatic rings. The highest BCUT2D eigenvalue weighted by molar-refractivity contribution is 6.01. The van der Waals surface area contributed by atoms with Crippen molar-refractivity contribution in [2.75, 3.05) is 10.6 Å². The zero-order valence-corrected chi connectivity index (χ0v) is 16.2. The van der Waals surface area contributed by atoms with E-state index in [2.05, 4.69) is 25.8 Å². The number of urea groups is 1.